The monoisotopic (exact) mass is 247 g/mol. The molecule has 0 radical (unpaired) electrons. The maximum absolute atomic E-state index is 11.0. The summed E-state index contributed by atoms with van der Waals surface area (Å²) in [6.45, 7) is 4.43. The highest BCUT2D eigenvalue weighted by Gasteiger charge is 2.15. The van der Waals surface area contributed by atoms with Gasteiger partial charge in [0.15, 0.2) is 0 Å². The maximum atomic E-state index is 11.0. The van der Waals surface area contributed by atoms with Gasteiger partial charge in [0.2, 0.25) is 0 Å². The third-order valence-electron chi connectivity index (χ3n) is 3.26. The van der Waals surface area contributed by atoms with E-state index in [1.807, 2.05) is 36.6 Å². The number of hydrogen-bond donors (Lipinski definition) is 2. The molecule has 1 aromatic heterocycles. The molecule has 0 atom stereocenters. The Balaban J connectivity index is 2.70. The summed E-state index contributed by atoms with van der Waals surface area (Å²) < 4.78 is 1.98. The van der Waals surface area contributed by atoms with Crippen LogP contribution in [0.15, 0.2) is 18.2 Å². The molecule has 0 fully saturated rings. The lowest BCUT2D eigenvalue weighted by Gasteiger charge is -2.05. The van der Waals surface area contributed by atoms with E-state index in [2.05, 4.69) is 0 Å². The molecule has 18 heavy (non-hydrogen) atoms. The van der Waals surface area contributed by atoms with Gasteiger partial charge >= 0.3 is 5.97 Å². The smallest absolute Gasteiger partial charge is 0.307 e. The molecule has 1 heterocycles. The Bertz CT molecular complexity index is 599. The number of rotatable bonds is 4. The number of carbonyl (C=O) groups is 1. The van der Waals surface area contributed by atoms with Crippen LogP contribution in [0.25, 0.3) is 10.9 Å². The van der Waals surface area contributed by atoms with Crippen molar-refractivity contribution in [2.45, 2.75) is 26.8 Å². The van der Waals surface area contributed by atoms with Gasteiger partial charge in [0.1, 0.15) is 0 Å². The van der Waals surface area contributed by atoms with E-state index >= 15 is 0 Å². The molecule has 0 spiro atoms. The van der Waals surface area contributed by atoms with Crippen molar-refractivity contribution in [1.82, 2.24) is 4.57 Å². The SMILES string of the molecule is Cc1ccc2c(c1)c(CC(=O)O)c(C)n2CCO. The fourth-order valence-electron chi connectivity index (χ4n) is 2.43. The maximum Gasteiger partial charge on any atom is 0.307 e. The standard InChI is InChI=1S/C14H17NO3/c1-9-3-4-13-12(7-9)11(8-14(17)18)10(2)15(13)5-6-16/h3-4,7,16H,5-6,8H2,1-2H3,(H,17,18). The van der Waals surface area contributed by atoms with Gasteiger partial charge in [-0.05, 0) is 31.5 Å². The second-order valence-electron chi connectivity index (χ2n) is 4.53. The molecule has 1 aromatic carbocycles. The summed E-state index contributed by atoms with van der Waals surface area (Å²) in [6, 6.07) is 5.99. The summed E-state index contributed by atoms with van der Waals surface area (Å²) in [5, 5.41) is 19.1. The molecule has 0 aliphatic carbocycles. The lowest BCUT2D eigenvalue weighted by Crippen LogP contribution is -2.06. The van der Waals surface area contributed by atoms with Crippen LogP contribution >= 0.6 is 0 Å². The molecule has 96 valence electrons. The van der Waals surface area contributed by atoms with E-state index in [4.69, 9.17) is 10.2 Å². The Labute approximate surface area is 105 Å². The summed E-state index contributed by atoms with van der Waals surface area (Å²) in [4.78, 5) is 11.0. The lowest BCUT2D eigenvalue weighted by atomic mass is 10.1. The molecule has 2 aromatic rings. The van der Waals surface area contributed by atoms with E-state index in [-0.39, 0.29) is 13.0 Å². The third-order valence-corrected chi connectivity index (χ3v) is 3.26. The largest absolute Gasteiger partial charge is 0.481 e. The van der Waals surface area contributed by atoms with Crippen molar-refractivity contribution in [2.75, 3.05) is 6.61 Å². The van der Waals surface area contributed by atoms with Gasteiger partial charge in [-0.25, -0.2) is 0 Å². The zero-order valence-corrected chi connectivity index (χ0v) is 10.6. The van der Waals surface area contributed by atoms with Crippen molar-refractivity contribution >= 4 is 16.9 Å². The second kappa shape index (κ2) is 4.82. The first-order chi connectivity index (χ1) is 8.54. The third kappa shape index (κ3) is 2.11. The average Bonchev–Trinajstić information content (AvgIpc) is 2.54. The fourth-order valence-corrected chi connectivity index (χ4v) is 2.43. The second-order valence-corrected chi connectivity index (χ2v) is 4.53. The van der Waals surface area contributed by atoms with Crippen LogP contribution in [0.5, 0.6) is 0 Å². The number of fused-ring (bicyclic) bond motifs is 1. The van der Waals surface area contributed by atoms with Gasteiger partial charge in [-0.1, -0.05) is 11.6 Å². The molecular formula is C14H17NO3. The highest BCUT2D eigenvalue weighted by Crippen LogP contribution is 2.27. The van der Waals surface area contributed by atoms with E-state index in [1.54, 1.807) is 0 Å². The molecule has 2 N–H and O–H groups in total. The number of benzene rings is 1. The van der Waals surface area contributed by atoms with Gasteiger partial charge < -0.3 is 14.8 Å². The molecule has 0 aliphatic rings. The number of carboxylic acids is 1. The Morgan fingerprint density at radius 1 is 1.33 bits per heavy atom. The molecular weight excluding hydrogens is 230 g/mol. The number of carboxylic acid groups (broad SMARTS) is 1. The predicted octanol–water partition coefficient (Wildman–Crippen LogP) is 1.88. The number of aliphatic hydroxyl groups excluding tert-OH is 1. The predicted molar refractivity (Wildman–Crippen MR) is 69.8 cm³/mol. The van der Waals surface area contributed by atoms with Crippen molar-refractivity contribution in [3.8, 4) is 0 Å². The average molecular weight is 247 g/mol. The zero-order valence-electron chi connectivity index (χ0n) is 10.6. The van der Waals surface area contributed by atoms with Crippen LogP contribution in [-0.2, 0) is 17.8 Å². The molecule has 2 rings (SSSR count). The quantitative estimate of drug-likeness (QED) is 0.867. The number of aliphatic hydroxyl groups is 1. The van der Waals surface area contributed by atoms with Crippen LogP contribution < -0.4 is 0 Å². The highest BCUT2D eigenvalue weighted by atomic mass is 16.4. The van der Waals surface area contributed by atoms with Crippen molar-refractivity contribution in [3.63, 3.8) is 0 Å². The Kier molecular flexibility index (Phi) is 3.39. The zero-order chi connectivity index (χ0) is 13.3. The molecule has 4 nitrogen and oxygen atoms in total. The first-order valence-electron chi connectivity index (χ1n) is 5.95. The van der Waals surface area contributed by atoms with Crippen LogP contribution in [0.4, 0.5) is 0 Å². The molecule has 0 saturated carbocycles. The molecule has 0 saturated heterocycles. The summed E-state index contributed by atoms with van der Waals surface area (Å²) in [6.07, 6.45) is 0.0181. The van der Waals surface area contributed by atoms with Crippen molar-refractivity contribution in [1.29, 1.82) is 0 Å². The van der Waals surface area contributed by atoms with Gasteiger partial charge in [0.05, 0.1) is 13.0 Å². The van der Waals surface area contributed by atoms with Gasteiger partial charge in [-0.2, -0.15) is 0 Å². The molecule has 0 unspecified atom stereocenters. The Morgan fingerprint density at radius 2 is 2.06 bits per heavy atom. The number of hydrogen-bond acceptors (Lipinski definition) is 2. The minimum Gasteiger partial charge on any atom is -0.481 e. The number of aliphatic carboxylic acids is 1. The van der Waals surface area contributed by atoms with Gasteiger partial charge in [-0.15, -0.1) is 0 Å². The molecule has 0 aliphatic heterocycles. The summed E-state index contributed by atoms with van der Waals surface area (Å²) in [7, 11) is 0. The van der Waals surface area contributed by atoms with Crippen LogP contribution in [-0.4, -0.2) is 27.4 Å². The molecule has 0 bridgehead atoms. The molecule has 0 amide bonds. The summed E-state index contributed by atoms with van der Waals surface area (Å²) in [5.74, 6) is -0.831. The normalized spacial score (nSPS) is 11.1. The van der Waals surface area contributed by atoms with Gasteiger partial charge in [-0.3, -0.25) is 4.79 Å². The van der Waals surface area contributed by atoms with Gasteiger partial charge in [0, 0.05) is 23.1 Å². The minimum absolute atomic E-state index is 0.0181. The van der Waals surface area contributed by atoms with Gasteiger partial charge in [0.25, 0.3) is 0 Å². The first-order valence-corrected chi connectivity index (χ1v) is 5.95. The number of aromatic nitrogens is 1. The Hall–Kier alpha value is -1.81. The van der Waals surface area contributed by atoms with Crippen molar-refractivity contribution in [3.05, 3.63) is 35.0 Å². The van der Waals surface area contributed by atoms with Crippen molar-refractivity contribution < 1.29 is 15.0 Å². The minimum atomic E-state index is -0.831. The summed E-state index contributed by atoms with van der Waals surface area (Å²) >= 11 is 0. The van der Waals surface area contributed by atoms with E-state index in [0.717, 1.165) is 27.7 Å². The lowest BCUT2D eigenvalue weighted by molar-refractivity contribution is -0.136. The fraction of sp³-hybridized carbons (Fsp3) is 0.357. The van der Waals surface area contributed by atoms with E-state index in [9.17, 15) is 4.79 Å². The van der Waals surface area contributed by atoms with Crippen LogP contribution in [0.1, 0.15) is 16.8 Å². The first kappa shape index (κ1) is 12.6. The highest BCUT2D eigenvalue weighted by molar-refractivity contribution is 5.89. The van der Waals surface area contributed by atoms with Crippen LogP contribution in [0.2, 0.25) is 0 Å². The Morgan fingerprint density at radius 3 is 2.67 bits per heavy atom. The molecule has 4 heteroatoms. The van der Waals surface area contributed by atoms with Crippen LogP contribution in [0.3, 0.4) is 0 Å². The van der Waals surface area contributed by atoms with E-state index in [0.29, 0.717) is 6.54 Å². The topological polar surface area (TPSA) is 62.5 Å². The van der Waals surface area contributed by atoms with Crippen LogP contribution in [0, 0.1) is 13.8 Å². The summed E-state index contributed by atoms with van der Waals surface area (Å²) in [5.41, 5.74) is 3.86. The number of aryl methyl sites for hydroxylation is 1. The number of nitrogens with zero attached hydrogens (tertiary/aromatic N) is 1. The van der Waals surface area contributed by atoms with E-state index < -0.39 is 5.97 Å². The van der Waals surface area contributed by atoms with E-state index in [1.165, 1.54) is 0 Å². The van der Waals surface area contributed by atoms with Crippen molar-refractivity contribution in [2.24, 2.45) is 0 Å².